The molecule has 0 aliphatic heterocycles. The Morgan fingerprint density at radius 3 is 2.50 bits per heavy atom. The molecule has 0 bridgehead atoms. The second-order valence-electron chi connectivity index (χ2n) is 4.58. The van der Waals surface area contributed by atoms with Gasteiger partial charge in [-0.3, -0.25) is 9.69 Å². The Morgan fingerprint density at radius 1 is 1.15 bits per heavy atom. The summed E-state index contributed by atoms with van der Waals surface area (Å²) in [6, 6.07) is 14.2. The summed E-state index contributed by atoms with van der Waals surface area (Å²) >= 11 is 0. The highest BCUT2D eigenvalue weighted by Gasteiger charge is 2.14. The van der Waals surface area contributed by atoms with Gasteiger partial charge in [-0.25, -0.2) is 4.39 Å². The van der Waals surface area contributed by atoms with Crippen molar-refractivity contribution in [2.45, 2.75) is 20.0 Å². The minimum Gasteiger partial charge on any atom is -0.365 e. The topological polar surface area (TPSA) is 32.3 Å². The standard InChI is InChI=1S/C16H17FN2O/c1-12-15(17)9-6-10-16(12)18-13(2)19(11-20)14-7-4-3-5-8-14/h3-11,13,18H,1-2H3. The average Bonchev–Trinajstić information content (AvgIpc) is 2.46. The van der Waals surface area contributed by atoms with E-state index in [1.54, 1.807) is 24.0 Å². The fourth-order valence-corrected chi connectivity index (χ4v) is 2.03. The van der Waals surface area contributed by atoms with E-state index in [0.717, 1.165) is 12.1 Å². The van der Waals surface area contributed by atoms with Crippen LogP contribution in [-0.4, -0.2) is 12.6 Å². The van der Waals surface area contributed by atoms with Crippen LogP contribution in [0.2, 0.25) is 0 Å². The summed E-state index contributed by atoms with van der Waals surface area (Å²) < 4.78 is 13.5. The van der Waals surface area contributed by atoms with Gasteiger partial charge in [0.1, 0.15) is 12.0 Å². The summed E-state index contributed by atoms with van der Waals surface area (Å²) in [5.41, 5.74) is 2.01. The van der Waals surface area contributed by atoms with Crippen molar-refractivity contribution in [2.24, 2.45) is 0 Å². The van der Waals surface area contributed by atoms with Gasteiger partial charge in [0.2, 0.25) is 6.41 Å². The van der Waals surface area contributed by atoms with Crippen molar-refractivity contribution < 1.29 is 9.18 Å². The molecule has 4 heteroatoms. The van der Waals surface area contributed by atoms with E-state index in [1.807, 2.05) is 37.3 Å². The number of carbonyl (C=O) groups is 1. The van der Waals surface area contributed by atoms with E-state index >= 15 is 0 Å². The second-order valence-corrected chi connectivity index (χ2v) is 4.58. The normalized spacial score (nSPS) is 11.8. The summed E-state index contributed by atoms with van der Waals surface area (Å²) in [4.78, 5) is 12.9. The number of amides is 1. The van der Waals surface area contributed by atoms with E-state index in [0.29, 0.717) is 11.3 Å². The zero-order valence-corrected chi connectivity index (χ0v) is 11.5. The smallest absolute Gasteiger partial charge is 0.215 e. The zero-order valence-electron chi connectivity index (χ0n) is 11.5. The van der Waals surface area contributed by atoms with Gasteiger partial charge in [-0.15, -0.1) is 0 Å². The van der Waals surface area contributed by atoms with Crippen molar-refractivity contribution in [3.8, 4) is 0 Å². The van der Waals surface area contributed by atoms with E-state index in [1.165, 1.54) is 6.07 Å². The maximum Gasteiger partial charge on any atom is 0.215 e. The molecule has 20 heavy (non-hydrogen) atoms. The molecule has 0 saturated heterocycles. The molecule has 0 fully saturated rings. The molecular formula is C16H17FN2O. The SMILES string of the molecule is Cc1c(F)cccc1NC(C)N(C=O)c1ccccc1. The second kappa shape index (κ2) is 6.19. The van der Waals surface area contributed by atoms with E-state index in [9.17, 15) is 9.18 Å². The molecule has 0 aliphatic rings. The minimum absolute atomic E-state index is 0.264. The lowest BCUT2D eigenvalue weighted by atomic mass is 10.2. The number of para-hydroxylation sites is 1. The fraction of sp³-hybridized carbons (Fsp3) is 0.188. The lowest BCUT2D eigenvalue weighted by Gasteiger charge is -2.27. The van der Waals surface area contributed by atoms with Crippen molar-refractivity contribution in [2.75, 3.05) is 10.2 Å². The van der Waals surface area contributed by atoms with Gasteiger partial charge in [0.15, 0.2) is 0 Å². The lowest BCUT2D eigenvalue weighted by molar-refractivity contribution is -0.107. The molecule has 0 heterocycles. The average molecular weight is 272 g/mol. The molecule has 1 amide bonds. The summed E-state index contributed by atoms with van der Waals surface area (Å²) in [7, 11) is 0. The first-order valence-corrected chi connectivity index (χ1v) is 6.44. The molecule has 0 aliphatic carbocycles. The number of benzene rings is 2. The number of nitrogens with zero attached hydrogens (tertiary/aromatic N) is 1. The number of hydrogen-bond acceptors (Lipinski definition) is 2. The van der Waals surface area contributed by atoms with Gasteiger partial charge in [-0.1, -0.05) is 24.3 Å². The van der Waals surface area contributed by atoms with Gasteiger partial charge in [-0.05, 0) is 38.1 Å². The molecule has 0 aromatic heterocycles. The van der Waals surface area contributed by atoms with Crippen molar-refractivity contribution in [3.05, 3.63) is 59.9 Å². The molecule has 2 aromatic rings. The Balaban J connectivity index is 2.20. The quantitative estimate of drug-likeness (QED) is 0.667. The van der Waals surface area contributed by atoms with E-state index in [2.05, 4.69) is 5.32 Å². The lowest BCUT2D eigenvalue weighted by Crippen LogP contribution is -2.37. The summed E-state index contributed by atoms with van der Waals surface area (Å²) in [5, 5.41) is 3.16. The van der Waals surface area contributed by atoms with Crippen LogP contribution < -0.4 is 10.2 Å². The van der Waals surface area contributed by atoms with Crippen LogP contribution in [0.25, 0.3) is 0 Å². The van der Waals surface area contributed by atoms with Crippen LogP contribution >= 0.6 is 0 Å². The molecule has 3 nitrogen and oxygen atoms in total. The number of nitrogens with one attached hydrogen (secondary N) is 1. The molecule has 0 spiro atoms. The number of carbonyl (C=O) groups excluding carboxylic acids is 1. The van der Waals surface area contributed by atoms with Gasteiger partial charge in [0, 0.05) is 16.9 Å². The summed E-state index contributed by atoms with van der Waals surface area (Å²) in [5.74, 6) is -0.264. The molecule has 1 unspecified atom stereocenters. The Kier molecular flexibility index (Phi) is 4.35. The van der Waals surface area contributed by atoms with Gasteiger partial charge < -0.3 is 5.32 Å². The molecule has 1 N–H and O–H groups in total. The number of anilines is 2. The van der Waals surface area contributed by atoms with Crippen molar-refractivity contribution in [3.63, 3.8) is 0 Å². The molecule has 2 rings (SSSR count). The first-order valence-electron chi connectivity index (χ1n) is 6.44. The highest BCUT2D eigenvalue weighted by molar-refractivity contribution is 5.76. The molecule has 104 valence electrons. The molecule has 0 radical (unpaired) electrons. The van der Waals surface area contributed by atoms with Crippen molar-refractivity contribution in [1.29, 1.82) is 0 Å². The van der Waals surface area contributed by atoms with Gasteiger partial charge >= 0.3 is 0 Å². The Labute approximate surface area is 118 Å². The molecule has 2 aromatic carbocycles. The largest absolute Gasteiger partial charge is 0.365 e. The van der Waals surface area contributed by atoms with E-state index in [-0.39, 0.29) is 12.0 Å². The highest BCUT2D eigenvalue weighted by Crippen LogP contribution is 2.21. The third kappa shape index (κ3) is 2.96. The van der Waals surface area contributed by atoms with Gasteiger partial charge in [-0.2, -0.15) is 0 Å². The minimum atomic E-state index is -0.282. The molecule has 0 saturated carbocycles. The number of halogens is 1. The molecule has 1 atom stereocenters. The van der Waals surface area contributed by atoms with E-state index < -0.39 is 0 Å². The Morgan fingerprint density at radius 2 is 1.85 bits per heavy atom. The first kappa shape index (κ1) is 14.1. The van der Waals surface area contributed by atoms with Crippen LogP contribution in [0.5, 0.6) is 0 Å². The maximum absolute atomic E-state index is 13.5. The highest BCUT2D eigenvalue weighted by atomic mass is 19.1. The zero-order chi connectivity index (χ0) is 14.5. The third-order valence-electron chi connectivity index (χ3n) is 3.22. The predicted octanol–water partition coefficient (Wildman–Crippen LogP) is 3.56. The van der Waals surface area contributed by atoms with Crippen LogP contribution in [0.1, 0.15) is 12.5 Å². The van der Waals surface area contributed by atoms with Crippen LogP contribution in [0.15, 0.2) is 48.5 Å². The fourth-order valence-electron chi connectivity index (χ4n) is 2.03. The van der Waals surface area contributed by atoms with Crippen LogP contribution in [-0.2, 0) is 4.79 Å². The van der Waals surface area contributed by atoms with E-state index in [4.69, 9.17) is 0 Å². The van der Waals surface area contributed by atoms with Gasteiger partial charge in [0.25, 0.3) is 0 Å². The summed E-state index contributed by atoms with van der Waals surface area (Å²) in [6.45, 7) is 3.56. The van der Waals surface area contributed by atoms with Crippen molar-refractivity contribution >= 4 is 17.8 Å². The van der Waals surface area contributed by atoms with Gasteiger partial charge in [0.05, 0.1) is 0 Å². The predicted molar refractivity (Wildman–Crippen MR) is 79.2 cm³/mol. The molecular weight excluding hydrogens is 255 g/mol. The Bertz CT molecular complexity index is 586. The van der Waals surface area contributed by atoms with Crippen LogP contribution in [0, 0.1) is 12.7 Å². The van der Waals surface area contributed by atoms with Crippen molar-refractivity contribution in [1.82, 2.24) is 0 Å². The number of hydrogen-bond donors (Lipinski definition) is 1. The third-order valence-corrected chi connectivity index (χ3v) is 3.22. The maximum atomic E-state index is 13.5. The van der Waals surface area contributed by atoms with Crippen LogP contribution in [0.4, 0.5) is 15.8 Å². The number of rotatable bonds is 5. The van der Waals surface area contributed by atoms with Crippen LogP contribution in [0.3, 0.4) is 0 Å². The first-order chi connectivity index (χ1) is 9.63. The Hall–Kier alpha value is -2.36. The summed E-state index contributed by atoms with van der Waals surface area (Å²) in [6.07, 6.45) is 0.483. The monoisotopic (exact) mass is 272 g/mol.